The quantitative estimate of drug-likeness (QED) is 0.660. The SMILES string of the molecule is COC(=O)c1cc(-c2ccc(Cl)cc2)nc2c1c(C)nn2C(C)C. The third-order valence-corrected chi connectivity index (χ3v) is 4.12. The summed E-state index contributed by atoms with van der Waals surface area (Å²) >= 11 is 5.96. The van der Waals surface area contributed by atoms with Crippen LogP contribution in [0.2, 0.25) is 5.02 Å². The Bertz CT molecular complexity index is 914. The second-order valence-electron chi connectivity index (χ2n) is 5.88. The van der Waals surface area contributed by atoms with Crippen molar-refractivity contribution in [3.05, 3.63) is 46.6 Å². The fourth-order valence-corrected chi connectivity index (χ4v) is 2.84. The molecule has 0 aliphatic heterocycles. The van der Waals surface area contributed by atoms with E-state index in [4.69, 9.17) is 21.3 Å². The van der Waals surface area contributed by atoms with Gasteiger partial charge in [0, 0.05) is 16.6 Å². The van der Waals surface area contributed by atoms with E-state index in [1.165, 1.54) is 7.11 Å². The number of ether oxygens (including phenoxy) is 1. The van der Waals surface area contributed by atoms with Gasteiger partial charge in [0.05, 0.1) is 29.4 Å². The molecule has 2 aromatic heterocycles. The minimum Gasteiger partial charge on any atom is -0.465 e. The molecule has 0 spiro atoms. The van der Waals surface area contributed by atoms with Crippen LogP contribution in [0.5, 0.6) is 0 Å². The molecule has 3 aromatic rings. The molecule has 124 valence electrons. The number of methoxy groups -OCH3 is 1. The third-order valence-electron chi connectivity index (χ3n) is 3.87. The maximum absolute atomic E-state index is 12.3. The van der Waals surface area contributed by atoms with Crippen LogP contribution in [0.25, 0.3) is 22.3 Å². The van der Waals surface area contributed by atoms with E-state index in [-0.39, 0.29) is 6.04 Å². The molecule has 0 bridgehead atoms. The number of halogens is 1. The van der Waals surface area contributed by atoms with E-state index in [9.17, 15) is 4.79 Å². The first-order valence-electron chi connectivity index (χ1n) is 7.66. The van der Waals surface area contributed by atoms with Crippen LogP contribution in [0.1, 0.15) is 35.9 Å². The van der Waals surface area contributed by atoms with Crippen LogP contribution in [0.4, 0.5) is 0 Å². The molecule has 0 amide bonds. The lowest BCUT2D eigenvalue weighted by Gasteiger charge is -2.10. The van der Waals surface area contributed by atoms with Crippen molar-refractivity contribution in [3.63, 3.8) is 0 Å². The van der Waals surface area contributed by atoms with Crippen molar-refractivity contribution in [3.8, 4) is 11.3 Å². The zero-order valence-corrected chi connectivity index (χ0v) is 14.8. The molecule has 0 aliphatic rings. The maximum atomic E-state index is 12.3. The number of esters is 1. The normalized spacial score (nSPS) is 11.2. The molecule has 0 saturated heterocycles. The summed E-state index contributed by atoms with van der Waals surface area (Å²) in [5.74, 6) is -0.399. The Morgan fingerprint density at radius 3 is 2.50 bits per heavy atom. The predicted molar refractivity (Wildman–Crippen MR) is 94.4 cm³/mol. The van der Waals surface area contributed by atoms with E-state index < -0.39 is 5.97 Å². The van der Waals surface area contributed by atoms with Crippen LogP contribution < -0.4 is 0 Å². The monoisotopic (exact) mass is 343 g/mol. The summed E-state index contributed by atoms with van der Waals surface area (Å²) in [6.45, 7) is 5.93. The maximum Gasteiger partial charge on any atom is 0.338 e. The zero-order chi connectivity index (χ0) is 17.4. The van der Waals surface area contributed by atoms with Gasteiger partial charge in [-0.15, -0.1) is 0 Å². The van der Waals surface area contributed by atoms with Crippen LogP contribution in [-0.2, 0) is 4.74 Å². The second kappa shape index (κ2) is 6.24. The summed E-state index contributed by atoms with van der Waals surface area (Å²) in [6.07, 6.45) is 0. The first-order valence-corrected chi connectivity index (χ1v) is 8.04. The van der Waals surface area contributed by atoms with Gasteiger partial charge in [0.25, 0.3) is 0 Å². The van der Waals surface area contributed by atoms with Gasteiger partial charge in [-0.25, -0.2) is 14.5 Å². The molecule has 2 heterocycles. The average Bonchev–Trinajstić information content (AvgIpc) is 2.91. The molecule has 0 saturated carbocycles. The highest BCUT2D eigenvalue weighted by molar-refractivity contribution is 6.30. The lowest BCUT2D eigenvalue weighted by molar-refractivity contribution is 0.0603. The summed E-state index contributed by atoms with van der Waals surface area (Å²) in [5, 5.41) is 5.92. The predicted octanol–water partition coefficient (Wildman–Crippen LogP) is 4.43. The van der Waals surface area contributed by atoms with Crippen molar-refractivity contribution >= 4 is 28.6 Å². The van der Waals surface area contributed by atoms with Crippen LogP contribution in [0.3, 0.4) is 0 Å². The highest BCUT2D eigenvalue weighted by Gasteiger charge is 2.21. The molecule has 24 heavy (non-hydrogen) atoms. The smallest absolute Gasteiger partial charge is 0.338 e. The van der Waals surface area contributed by atoms with Crippen LogP contribution in [0.15, 0.2) is 30.3 Å². The summed E-state index contributed by atoms with van der Waals surface area (Å²) in [4.78, 5) is 17.0. The molecule has 3 rings (SSSR count). The van der Waals surface area contributed by atoms with Gasteiger partial charge in [0.1, 0.15) is 0 Å². The molecule has 5 nitrogen and oxygen atoms in total. The first-order chi connectivity index (χ1) is 11.4. The lowest BCUT2D eigenvalue weighted by atomic mass is 10.1. The van der Waals surface area contributed by atoms with E-state index >= 15 is 0 Å². The van der Waals surface area contributed by atoms with Gasteiger partial charge in [0.2, 0.25) is 0 Å². The van der Waals surface area contributed by atoms with Crippen molar-refractivity contribution < 1.29 is 9.53 Å². The van der Waals surface area contributed by atoms with E-state index in [0.29, 0.717) is 21.9 Å². The van der Waals surface area contributed by atoms with Crippen molar-refractivity contribution in [2.75, 3.05) is 7.11 Å². The van der Waals surface area contributed by atoms with Gasteiger partial charge in [-0.3, -0.25) is 0 Å². The number of rotatable bonds is 3. The Morgan fingerprint density at radius 2 is 1.92 bits per heavy atom. The molecule has 6 heteroatoms. The molecule has 0 aliphatic carbocycles. The first kappa shape index (κ1) is 16.5. The van der Waals surface area contributed by atoms with E-state index in [1.54, 1.807) is 18.2 Å². The largest absolute Gasteiger partial charge is 0.465 e. The van der Waals surface area contributed by atoms with Crippen LogP contribution >= 0.6 is 11.6 Å². The number of carbonyl (C=O) groups is 1. The van der Waals surface area contributed by atoms with Gasteiger partial charge in [-0.2, -0.15) is 5.10 Å². The number of hydrogen-bond donors (Lipinski definition) is 0. The summed E-state index contributed by atoms with van der Waals surface area (Å²) in [7, 11) is 1.37. The Labute approximate surface area is 145 Å². The zero-order valence-electron chi connectivity index (χ0n) is 14.0. The number of carbonyl (C=O) groups excluding carboxylic acids is 1. The fraction of sp³-hybridized carbons (Fsp3) is 0.278. The van der Waals surface area contributed by atoms with E-state index in [2.05, 4.69) is 5.10 Å². The molecule has 0 N–H and O–H groups in total. The summed E-state index contributed by atoms with van der Waals surface area (Å²) in [5.41, 5.74) is 3.46. The van der Waals surface area contributed by atoms with Gasteiger partial charge in [-0.05, 0) is 39.0 Å². The van der Waals surface area contributed by atoms with Crippen molar-refractivity contribution in [1.82, 2.24) is 14.8 Å². The topological polar surface area (TPSA) is 57.0 Å². The molecule has 0 fully saturated rings. The molecule has 0 unspecified atom stereocenters. The van der Waals surface area contributed by atoms with Gasteiger partial charge >= 0.3 is 5.97 Å². The van der Waals surface area contributed by atoms with E-state index in [0.717, 1.165) is 16.6 Å². The highest BCUT2D eigenvalue weighted by Crippen LogP contribution is 2.29. The Kier molecular flexibility index (Phi) is 4.28. The number of nitrogens with zero attached hydrogens (tertiary/aromatic N) is 3. The minimum atomic E-state index is -0.399. The van der Waals surface area contributed by atoms with Gasteiger partial charge < -0.3 is 4.74 Å². The third kappa shape index (κ3) is 2.76. The molecule has 0 radical (unpaired) electrons. The Balaban J connectivity index is 2.34. The minimum absolute atomic E-state index is 0.125. The van der Waals surface area contributed by atoms with Crippen LogP contribution in [0, 0.1) is 6.92 Å². The Morgan fingerprint density at radius 1 is 1.25 bits per heavy atom. The number of fused-ring (bicyclic) bond motifs is 1. The van der Waals surface area contributed by atoms with Gasteiger partial charge in [0.15, 0.2) is 5.65 Å². The van der Waals surface area contributed by atoms with E-state index in [1.807, 2.05) is 37.6 Å². The number of benzene rings is 1. The fourth-order valence-electron chi connectivity index (χ4n) is 2.71. The lowest BCUT2D eigenvalue weighted by Crippen LogP contribution is -2.06. The molecule has 0 atom stereocenters. The van der Waals surface area contributed by atoms with Crippen LogP contribution in [-0.4, -0.2) is 27.8 Å². The number of aryl methyl sites for hydroxylation is 1. The van der Waals surface area contributed by atoms with Crippen molar-refractivity contribution in [2.24, 2.45) is 0 Å². The molecular formula is C18H18ClN3O2. The van der Waals surface area contributed by atoms with Crippen molar-refractivity contribution in [2.45, 2.75) is 26.8 Å². The van der Waals surface area contributed by atoms with Crippen molar-refractivity contribution in [1.29, 1.82) is 0 Å². The second-order valence-corrected chi connectivity index (χ2v) is 6.31. The average molecular weight is 344 g/mol. The van der Waals surface area contributed by atoms with Gasteiger partial charge in [-0.1, -0.05) is 23.7 Å². The highest BCUT2D eigenvalue weighted by atomic mass is 35.5. The number of pyridine rings is 1. The number of hydrogen-bond acceptors (Lipinski definition) is 4. The summed E-state index contributed by atoms with van der Waals surface area (Å²) in [6, 6.07) is 9.22. The summed E-state index contributed by atoms with van der Waals surface area (Å²) < 4.78 is 6.78. The Hall–Kier alpha value is -2.40. The number of aromatic nitrogens is 3. The molecular weight excluding hydrogens is 326 g/mol. The standard InChI is InChI=1S/C18H18ClN3O2/c1-10(2)22-17-16(11(3)21-22)14(18(23)24-4)9-15(20-17)12-5-7-13(19)8-6-12/h5-10H,1-4H3. The molecule has 1 aromatic carbocycles.